The number of aromatic nitrogens is 1. The van der Waals surface area contributed by atoms with Gasteiger partial charge >= 0.3 is 0 Å². The number of nitrogens with zero attached hydrogens (tertiary/aromatic N) is 2. The number of hydrogen-bond acceptors (Lipinski definition) is 4. The van der Waals surface area contributed by atoms with Crippen LogP contribution in [-0.4, -0.2) is 29.0 Å². The summed E-state index contributed by atoms with van der Waals surface area (Å²) in [5.74, 6) is 0. The summed E-state index contributed by atoms with van der Waals surface area (Å²) in [6.45, 7) is 7.18. The Balaban J connectivity index is 2.00. The highest BCUT2D eigenvalue weighted by molar-refractivity contribution is 7.11. The van der Waals surface area contributed by atoms with Gasteiger partial charge < -0.3 is 5.73 Å². The normalized spacial score (nSPS) is 22.4. The van der Waals surface area contributed by atoms with E-state index in [2.05, 4.69) is 23.7 Å². The molecular weight excluding hydrogens is 194 g/mol. The van der Waals surface area contributed by atoms with Gasteiger partial charge in [0.2, 0.25) is 0 Å². The number of hydrogen-bond donors (Lipinski definition) is 1. The van der Waals surface area contributed by atoms with Gasteiger partial charge in [-0.2, -0.15) is 0 Å². The van der Waals surface area contributed by atoms with E-state index in [1.54, 1.807) is 0 Å². The Morgan fingerprint density at radius 2 is 2.36 bits per heavy atom. The third kappa shape index (κ3) is 1.82. The van der Waals surface area contributed by atoms with Crippen molar-refractivity contribution in [3.05, 3.63) is 15.6 Å². The third-order valence-electron chi connectivity index (χ3n) is 2.88. The molecule has 1 unspecified atom stereocenters. The van der Waals surface area contributed by atoms with Crippen LogP contribution in [0, 0.1) is 13.8 Å². The van der Waals surface area contributed by atoms with Crippen molar-refractivity contribution in [2.75, 3.05) is 13.1 Å². The SMILES string of the molecule is Cc1nc(C)c(CN2CCC2CN)s1. The first kappa shape index (κ1) is 10.1. The van der Waals surface area contributed by atoms with Crippen LogP contribution in [0.25, 0.3) is 0 Å². The molecule has 1 aromatic rings. The largest absolute Gasteiger partial charge is 0.329 e. The first-order valence-electron chi connectivity index (χ1n) is 5.07. The second-order valence-electron chi connectivity index (χ2n) is 3.89. The van der Waals surface area contributed by atoms with E-state index < -0.39 is 0 Å². The van der Waals surface area contributed by atoms with Crippen molar-refractivity contribution in [1.29, 1.82) is 0 Å². The standard InChI is InChI=1S/C10H17N3S/c1-7-10(14-8(2)12-7)6-13-4-3-9(13)5-11/h9H,3-6,11H2,1-2H3. The maximum atomic E-state index is 5.67. The van der Waals surface area contributed by atoms with Crippen LogP contribution in [0.4, 0.5) is 0 Å². The van der Waals surface area contributed by atoms with E-state index in [1.807, 2.05) is 11.3 Å². The molecule has 1 aromatic heterocycles. The van der Waals surface area contributed by atoms with Gasteiger partial charge in [-0.15, -0.1) is 11.3 Å². The number of nitrogens with two attached hydrogens (primary N) is 1. The molecule has 2 N–H and O–H groups in total. The number of aryl methyl sites for hydroxylation is 2. The van der Waals surface area contributed by atoms with E-state index in [0.717, 1.165) is 13.1 Å². The van der Waals surface area contributed by atoms with Crippen molar-refractivity contribution < 1.29 is 0 Å². The maximum absolute atomic E-state index is 5.67. The fraction of sp³-hybridized carbons (Fsp3) is 0.700. The number of likely N-dealkylation sites (tertiary alicyclic amines) is 1. The molecule has 1 saturated heterocycles. The molecule has 4 heteroatoms. The van der Waals surface area contributed by atoms with Gasteiger partial charge in [0, 0.05) is 30.6 Å². The highest BCUT2D eigenvalue weighted by Crippen LogP contribution is 2.24. The second-order valence-corrected chi connectivity index (χ2v) is 5.18. The Bertz CT molecular complexity index is 319. The van der Waals surface area contributed by atoms with Crippen LogP contribution < -0.4 is 5.73 Å². The third-order valence-corrected chi connectivity index (χ3v) is 3.94. The molecule has 1 aliphatic rings. The summed E-state index contributed by atoms with van der Waals surface area (Å²) in [6.07, 6.45) is 1.26. The van der Waals surface area contributed by atoms with E-state index in [-0.39, 0.29) is 0 Å². The molecule has 2 heterocycles. The zero-order valence-electron chi connectivity index (χ0n) is 8.79. The van der Waals surface area contributed by atoms with Crippen LogP contribution >= 0.6 is 11.3 Å². The molecule has 0 aromatic carbocycles. The van der Waals surface area contributed by atoms with Gasteiger partial charge in [-0.3, -0.25) is 4.90 Å². The number of rotatable bonds is 3. The van der Waals surface area contributed by atoms with Gasteiger partial charge in [0.1, 0.15) is 0 Å². The molecule has 1 fully saturated rings. The second kappa shape index (κ2) is 3.96. The zero-order valence-corrected chi connectivity index (χ0v) is 9.60. The molecule has 1 atom stereocenters. The molecule has 3 nitrogen and oxygen atoms in total. The van der Waals surface area contributed by atoms with E-state index in [1.165, 1.54) is 28.5 Å². The summed E-state index contributed by atoms with van der Waals surface area (Å²) in [5.41, 5.74) is 6.86. The molecule has 14 heavy (non-hydrogen) atoms. The van der Waals surface area contributed by atoms with Gasteiger partial charge in [0.25, 0.3) is 0 Å². The lowest BCUT2D eigenvalue weighted by molar-refractivity contribution is 0.0891. The molecule has 0 radical (unpaired) electrons. The fourth-order valence-electron chi connectivity index (χ4n) is 1.87. The van der Waals surface area contributed by atoms with E-state index >= 15 is 0 Å². The van der Waals surface area contributed by atoms with Crippen LogP contribution in [-0.2, 0) is 6.54 Å². The Morgan fingerprint density at radius 3 is 2.79 bits per heavy atom. The molecule has 0 aliphatic carbocycles. The summed E-state index contributed by atoms with van der Waals surface area (Å²) in [6, 6.07) is 0.608. The van der Waals surface area contributed by atoms with E-state index in [0.29, 0.717) is 6.04 Å². The average Bonchev–Trinajstić information content (AvgIpc) is 2.40. The lowest BCUT2D eigenvalue weighted by atomic mass is 10.0. The van der Waals surface area contributed by atoms with E-state index in [9.17, 15) is 0 Å². The lowest BCUT2D eigenvalue weighted by Crippen LogP contribution is -2.50. The van der Waals surface area contributed by atoms with Crippen LogP contribution in [0.1, 0.15) is 22.0 Å². The Morgan fingerprint density at radius 1 is 1.57 bits per heavy atom. The Labute approximate surface area is 88.9 Å². The first-order valence-corrected chi connectivity index (χ1v) is 5.89. The smallest absolute Gasteiger partial charge is 0.0900 e. The highest BCUT2D eigenvalue weighted by atomic mass is 32.1. The van der Waals surface area contributed by atoms with Crippen molar-refractivity contribution in [3.8, 4) is 0 Å². The Kier molecular flexibility index (Phi) is 2.85. The minimum Gasteiger partial charge on any atom is -0.329 e. The van der Waals surface area contributed by atoms with Crippen LogP contribution in [0.3, 0.4) is 0 Å². The minimum absolute atomic E-state index is 0.608. The summed E-state index contributed by atoms with van der Waals surface area (Å²) in [4.78, 5) is 8.28. The van der Waals surface area contributed by atoms with Gasteiger partial charge in [0.15, 0.2) is 0 Å². The summed E-state index contributed by atoms with van der Waals surface area (Å²) in [7, 11) is 0. The Hall–Kier alpha value is -0.450. The highest BCUT2D eigenvalue weighted by Gasteiger charge is 2.27. The average molecular weight is 211 g/mol. The predicted octanol–water partition coefficient (Wildman–Crippen LogP) is 1.29. The summed E-state index contributed by atoms with van der Waals surface area (Å²) < 4.78 is 0. The minimum atomic E-state index is 0.608. The van der Waals surface area contributed by atoms with Crippen molar-refractivity contribution in [3.63, 3.8) is 0 Å². The molecule has 0 amide bonds. The number of thiazole rings is 1. The monoisotopic (exact) mass is 211 g/mol. The summed E-state index contributed by atoms with van der Waals surface area (Å²) >= 11 is 1.81. The van der Waals surface area contributed by atoms with Crippen LogP contribution in [0.15, 0.2) is 0 Å². The lowest BCUT2D eigenvalue weighted by Gasteiger charge is -2.40. The van der Waals surface area contributed by atoms with Crippen molar-refractivity contribution in [2.45, 2.75) is 32.9 Å². The molecule has 0 bridgehead atoms. The molecule has 1 aliphatic heterocycles. The van der Waals surface area contributed by atoms with Gasteiger partial charge in [-0.25, -0.2) is 4.98 Å². The molecule has 2 rings (SSSR count). The van der Waals surface area contributed by atoms with Crippen LogP contribution in [0.2, 0.25) is 0 Å². The fourth-order valence-corrected chi connectivity index (χ4v) is 2.84. The van der Waals surface area contributed by atoms with Crippen molar-refractivity contribution in [2.24, 2.45) is 5.73 Å². The van der Waals surface area contributed by atoms with Gasteiger partial charge in [0.05, 0.1) is 10.7 Å². The topological polar surface area (TPSA) is 42.2 Å². The van der Waals surface area contributed by atoms with Crippen LogP contribution in [0.5, 0.6) is 0 Å². The molecule has 78 valence electrons. The van der Waals surface area contributed by atoms with Crippen molar-refractivity contribution >= 4 is 11.3 Å². The maximum Gasteiger partial charge on any atom is 0.0900 e. The van der Waals surface area contributed by atoms with Gasteiger partial charge in [-0.05, 0) is 20.3 Å². The molecule has 0 spiro atoms. The summed E-state index contributed by atoms with van der Waals surface area (Å²) in [5, 5.41) is 1.17. The van der Waals surface area contributed by atoms with Gasteiger partial charge in [-0.1, -0.05) is 0 Å². The molecule has 0 saturated carbocycles. The predicted molar refractivity (Wildman–Crippen MR) is 59.5 cm³/mol. The van der Waals surface area contributed by atoms with E-state index in [4.69, 9.17) is 5.73 Å². The van der Waals surface area contributed by atoms with Crippen molar-refractivity contribution in [1.82, 2.24) is 9.88 Å². The first-order chi connectivity index (χ1) is 6.70. The molecular formula is C10H17N3S. The zero-order chi connectivity index (χ0) is 10.1. The quantitative estimate of drug-likeness (QED) is 0.819.